The number of aliphatic hydroxyl groups is 1. The molecule has 1 aliphatic heterocycles. The maximum Gasteiger partial charge on any atom is 0.404 e. The molecule has 7 nitrogen and oxygen atoms in total. The largest absolute Gasteiger partial charge is 0.404 e. The number of likely N-dealkylation sites (tertiary alicyclic amines) is 1. The van der Waals surface area contributed by atoms with Gasteiger partial charge < -0.3 is 10.0 Å². The zero-order chi connectivity index (χ0) is 25.4. The molecule has 1 fully saturated rings. The summed E-state index contributed by atoms with van der Waals surface area (Å²) in [5.74, 6) is -0.359. The van der Waals surface area contributed by atoms with Crippen LogP contribution in [-0.2, 0) is 16.6 Å². The van der Waals surface area contributed by atoms with Gasteiger partial charge in [0.25, 0.3) is 5.91 Å². The summed E-state index contributed by atoms with van der Waals surface area (Å²) in [7, 11) is -4.66. The zero-order valence-corrected chi connectivity index (χ0v) is 21.3. The number of carbonyl (C=O) groups is 1. The SMILES string of the molecule is CC1CCCCN1C(=O)c1nc(CO)sc1-c1ccc(S(=O)(=O)NC(C)C(F)(F)F)c(Cl)c1Cl. The summed E-state index contributed by atoms with van der Waals surface area (Å²) in [6.07, 6.45) is -2.13. The Labute approximate surface area is 208 Å². The second-order valence-corrected chi connectivity index (χ2v) is 11.4. The van der Waals surface area contributed by atoms with Crippen LogP contribution in [0.4, 0.5) is 13.2 Å². The highest BCUT2D eigenvalue weighted by Gasteiger charge is 2.39. The number of sulfonamides is 1. The average molecular weight is 560 g/mol. The van der Waals surface area contributed by atoms with Crippen molar-refractivity contribution in [2.24, 2.45) is 0 Å². The van der Waals surface area contributed by atoms with E-state index in [4.69, 9.17) is 23.2 Å². The van der Waals surface area contributed by atoms with Gasteiger partial charge in [-0.3, -0.25) is 4.79 Å². The molecule has 0 bridgehead atoms. The molecular formula is C20H22Cl2F3N3O4S2. The predicted molar refractivity (Wildman–Crippen MR) is 124 cm³/mol. The lowest BCUT2D eigenvalue weighted by atomic mass is 10.0. The number of alkyl halides is 3. The first-order chi connectivity index (χ1) is 15.8. The number of nitrogens with zero attached hydrogens (tertiary/aromatic N) is 2. The summed E-state index contributed by atoms with van der Waals surface area (Å²) in [5, 5.41) is 9.06. The first kappa shape index (κ1) is 27.2. The average Bonchev–Trinajstić information content (AvgIpc) is 3.18. The fourth-order valence-electron chi connectivity index (χ4n) is 3.57. The highest BCUT2D eigenvalue weighted by atomic mass is 35.5. The van der Waals surface area contributed by atoms with E-state index in [9.17, 15) is 31.5 Å². The van der Waals surface area contributed by atoms with Crippen LogP contribution in [0.5, 0.6) is 0 Å². The van der Waals surface area contributed by atoms with E-state index in [0.29, 0.717) is 13.5 Å². The summed E-state index contributed by atoms with van der Waals surface area (Å²) in [6.45, 7) is 2.70. The van der Waals surface area contributed by atoms with Crippen molar-refractivity contribution >= 4 is 50.5 Å². The number of piperidine rings is 1. The highest BCUT2D eigenvalue weighted by molar-refractivity contribution is 7.89. The molecule has 2 aromatic rings. The molecular weight excluding hydrogens is 538 g/mol. The van der Waals surface area contributed by atoms with E-state index in [1.807, 2.05) is 6.92 Å². The second kappa shape index (κ2) is 10.3. The van der Waals surface area contributed by atoms with Gasteiger partial charge in [0.15, 0.2) is 0 Å². The Balaban J connectivity index is 2.04. The summed E-state index contributed by atoms with van der Waals surface area (Å²) in [6, 6.07) is -0.0879. The molecule has 0 aliphatic carbocycles. The van der Waals surface area contributed by atoms with Gasteiger partial charge in [-0.15, -0.1) is 11.3 Å². The Kier molecular flexibility index (Phi) is 8.21. The summed E-state index contributed by atoms with van der Waals surface area (Å²) < 4.78 is 65.1. The van der Waals surface area contributed by atoms with E-state index in [0.717, 1.165) is 36.7 Å². The lowest BCUT2D eigenvalue weighted by molar-refractivity contribution is -0.147. The molecule has 2 unspecified atom stereocenters. The summed E-state index contributed by atoms with van der Waals surface area (Å²) in [4.78, 5) is 18.8. The second-order valence-electron chi connectivity index (χ2n) is 7.91. The number of hydrogen-bond acceptors (Lipinski definition) is 6. The molecule has 1 aromatic carbocycles. The first-order valence-electron chi connectivity index (χ1n) is 10.3. The zero-order valence-electron chi connectivity index (χ0n) is 18.1. The molecule has 3 rings (SSSR count). The van der Waals surface area contributed by atoms with Crippen LogP contribution >= 0.6 is 34.5 Å². The number of halogens is 5. The van der Waals surface area contributed by atoms with Gasteiger partial charge in [0.1, 0.15) is 21.6 Å². The van der Waals surface area contributed by atoms with Gasteiger partial charge in [-0.25, -0.2) is 13.4 Å². The van der Waals surface area contributed by atoms with Crippen molar-refractivity contribution in [3.8, 4) is 10.4 Å². The minimum Gasteiger partial charge on any atom is -0.389 e. The van der Waals surface area contributed by atoms with Crippen molar-refractivity contribution in [3.05, 3.63) is 32.9 Å². The Hall–Kier alpha value is -1.44. The fraction of sp³-hybridized carbons (Fsp3) is 0.500. The third-order valence-corrected chi connectivity index (χ3v) is 9.13. The normalized spacial score (nSPS) is 18.2. The molecule has 1 amide bonds. The van der Waals surface area contributed by atoms with Crippen LogP contribution in [0.3, 0.4) is 0 Å². The fourth-order valence-corrected chi connectivity index (χ4v) is 6.67. The van der Waals surface area contributed by atoms with Crippen molar-refractivity contribution in [1.82, 2.24) is 14.6 Å². The number of aromatic nitrogens is 1. The van der Waals surface area contributed by atoms with Crippen LogP contribution < -0.4 is 4.72 Å². The molecule has 2 atom stereocenters. The molecule has 1 aliphatic rings. The van der Waals surface area contributed by atoms with E-state index >= 15 is 0 Å². The van der Waals surface area contributed by atoms with Gasteiger partial charge in [-0.2, -0.15) is 17.9 Å². The minimum absolute atomic E-state index is 0.0124. The Bertz CT molecular complexity index is 1190. The number of rotatable bonds is 6. The molecule has 0 saturated carbocycles. The maximum absolute atomic E-state index is 13.3. The van der Waals surface area contributed by atoms with E-state index < -0.39 is 38.8 Å². The number of nitrogens with one attached hydrogen (secondary N) is 1. The van der Waals surface area contributed by atoms with Gasteiger partial charge in [-0.1, -0.05) is 29.3 Å². The Morgan fingerprint density at radius 3 is 2.59 bits per heavy atom. The molecule has 0 radical (unpaired) electrons. The van der Waals surface area contributed by atoms with Crippen molar-refractivity contribution in [2.45, 2.75) is 62.9 Å². The van der Waals surface area contributed by atoms with E-state index in [2.05, 4.69) is 4.98 Å². The summed E-state index contributed by atoms with van der Waals surface area (Å²) in [5.41, 5.74) is 0.222. The van der Waals surface area contributed by atoms with Crippen molar-refractivity contribution < 1.29 is 31.5 Å². The van der Waals surface area contributed by atoms with Crippen LogP contribution in [0.15, 0.2) is 17.0 Å². The van der Waals surface area contributed by atoms with Crippen molar-refractivity contribution in [3.63, 3.8) is 0 Å². The Morgan fingerprint density at radius 1 is 1.32 bits per heavy atom. The number of aliphatic hydroxyl groups excluding tert-OH is 1. The van der Waals surface area contributed by atoms with Crippen LogP contribution in [0, 0.1) is 0 Å². The predicted octanol–water partition coefficient (Wildman–Crippen LogP) is 4.85. The van der Waals surface area contributed by atoms with Crippen LogP contribution in [0.25, 0.3) is 10.4 Å². The molecule has 2 N–H and O–H groups in total. The van der Waals surface area contributed by atoms with Gasteiger partial charge in [0, 0.05) is 18.2 Å². The molecule has 188 valence electrons. The lowest BCUT2D eigenvalue weighted by Gasteiger charge is -2.33. The van der Waals surface area contributed by atoms with E-state index in [-0.39, 0.29) is 38.1 Å². The molecule has 1 saturated heterocycles. The standard InChI is InChI=1S/C20H22Cl2F3N3O4S2/c1-10-5-3-4-8-28(10)19(30)17-18(33-14(9-29)26-17)12-6-7-13(16(22)15(12)21)34(31,32)27-11(2)20(23,24)25/h6-7,10-11,27,29H,3-5,8-9H2,1-2H3. The highest BCUT2D eigenvalue weighted by Crippen LogP contribution is 2.42. The Morgan fingerprint density at radius 2 is 2.00 bits per heavy atom. The number of thiazole rings is 1. The summed E-state index contributed by atoms with van der Waals surface area (Å²) >= 11 is 13.5. The van der Waals surface area contributed by atoms with Crippen LogP contribution in [0.1, 0.15) is 48.6 Å². The molecule has 2 heterocycles. The van der Waals surface area contributed by atoms with E-state index in [1.54, 1.807) is 4.90 Å². The number of hydrogen-bond donors (Lipinski definition) is 2. The van der Waals surface area contributed by atoms with Crippen LogP contribution in [-0.4, -0.2) is 54.1 Å². The third kappa shape index (κ3) is 5.52. The molecule has 1 aromatic heterocycles. The maximum atomic E-state index is 13.3. The smallest absolute Gasteiger partial charge is 0.389 e. The third-order valence-electron chi connectivity index (χ3n) is 5.48. The first-order valence-corrected chi connectivity index (χ1v) is 13.3. The van der Waals surface area contributed by atoms with Gasteiger partial charge in [0.2, 0.25) is 10.0 Å². The topological polar surface area (TPSA) is 99.6 Å². The van der Waals surface area contributed by atoms with Crippen LogP contribution in [0.2, 0.25) is 10.0 Å². The minimum atomic E-state index is -4.80. The van der Waals surface area contributed by atoms with Gasteiger partial charge >= 0.3 is 6.18 Å². The molecule has 0 spiro atoms. The number of carbonyl (C=O) groups excluding carboxylic acids is 1. The lowest BCUT2D eigenvalue weighted by Crippen LogP contribution is -2.43. The van der Waals surface area contributed by atoms with Gasteiger partial charge in [-0.05, 0) is 39.2 Å². The quantitative estimate of drug-likeness (QED) is 0.526. The van der Waals surface area contributed by atoms with Crippen molar-refractivity contribution in [1.29, 1.82) is 0 Å². The van der Waals surface area contributed by atoms with Gasteiger partial charge in [0.05, 0.1) is 21.5 Å². The number of benzene rings is 1. The number of amides is 1. The monoisotopic (exact) mass is 559 g/mol. The molecule has 14 heteroatoms. The van der Waals surface area contributed by atoms with E-state index in [1.165, 1.54) is 10.8 Å². The van der Waals surface area contributed by atoms with Crippen molar-refractivity contribution in [2.75, 3.05) is 6.54 Å². The molecule has 34 heavy (non-hydrogen) atoms.